The maximum absolute atomic E-state index is 2.73. The van der Waals surface area contributed by atoms with Gasteiger partial charge in [0.1, 0.15) is 0 Å². The molecule has 21 heavy (non-hydrogen) atoms. The largest absolute Gasteiger partial charge is 0.302 e. The van der Waals surface area contributed by atoms with Gasteiger partial charge in [0.25, 0.3) is 0 Å². The highest BCUT2D eigenvalue weighted by molar-refractivity contribution is 4.96. The minimum Gasteiger partial charge on any atom is -0.302 e. The lowest BCUT2D eigenvalue weighted by Crippen LogP contribution is -2.34. The van der Waals surface area contributed by atoms with Gasteiger partial charge in [-0.25, -0.2) is 0 Å². The van der Waals surface area contributed by atoms with E-state index in [0.717, 1.165) is 23.9 Å². The molecule has 0 aromatic carbocycles. The summed E-state index contributed by atoms with van der Waals surface area (Å²) in [7, 11) is 4.63. The van der Waals surface area contributed by atoms with E-state index in [9.17, 15) is 0 Å². The Morgan fingerprint density at radius 1 is 0.714 bits per heavy atom. The standard InChI is InChI=1S/C17H32N4/c1-18-8-4-14-10-20(12-16(14)18)6-3-7-21-11-15-5-9-19(2)17(15)13-21/h14-17H,3-13H2,1-2H3/t14-,15+,16+,17-. The molecule has 0 N–H and O–H groups in total. The number of likely N-dealkylation sites (N-methyl/N-ethyl adjacent to an activating group) is 2. The first-order valence-corrected chi connectivity index (χ1v) is 9.06. The molecule has 0 unspecified atom stereocenters. The molecule has 0 bridgehead atoms. The molecule has 4 nitrogen and oxygen atoms in total. The van der Waals surface area contributed by atoms with Crippen LogP contribution >= 0.6 is 0 Å². The normalized spacial score (nSPS) is 42.0. The Bertz CT molecular complexity index is 340. The first-order chi connectivity index (χ1) is 10.2. The molecule has 0 saturated carbocycles. The van der Waals surface area contributed by atoms with Crippen molar-refractivity contribution >= 4 is 0 Å². The van der Waals surface area contributed by atoms with E-state index in [4.69, 9.17) is 0 Å². The number of fused-ring (bicyclic) bond motifs is 2. The van der Waals surface area contributed by atoms with Crippen molar-refractivity contribution in [2.24, 2.45) is 11.8 Å². The molecule has 0 spiro atoms. The van der Waals surface area contributed by atoms with Crippen molar-refractivity contribution in [3.05, 3.63) is 0 Å². The molecule has 0 radical (unpaired) electrons. The zero-order valence-electron chi connectivity index (χ0n) is 13.9. The summed E-state index contributed by atoms with van der Waals surface area (Å²) < 4.78 is 0. The van der Waals surface area contributed by atoms with Gasteiger partial charge in [-0.15, -0.1) is 0 Å². The van der Waals surface area contributed by atoms with Crippen LogP contribution in [0.3, 0.4) is 0 Å². The molecule has 4 aliphatic rings. The molecule has 120 valence electrons. The highest BCUT2D eigenvalue weighted by Crippen LogP contribution is 2.31. The maximum Gasteiger partial charge on any atom is 0.0261 e. The van der Waals surface area contributed by atoms with Gasteiger partial charge in [-0.2, -0.15) is 0 Å². The molecule has 0 aromatic heterocycles. The maximum atomic E-state index is 2.73. The van der Waals surface area contributed by atoms with Crippen molar-refractivity contribution < 1.29 is 0 Å². The van der Waals surface area contributed by atoms with Gasteiger partial charge in [0, 0.05) is 38.3 Å². The predicted octanol–water partition coefficient (Wildman–Crippen LogP) is 0.648. The monoisotopic (exact) mass is 292 g/mol. The highest BCUT2D eigenvalue weighted by Gasteiger charge is 2.40. The van der Waals surface area contributed by atoms with E-state index in [0.29, 0.717) is 0 Å². The van der Waals surface area contributed by atoms with Gasteiger partial charge in [0.05, 0.1) is 0 Å². The summed E-state index contributed by atoms with van der Waals surface area (Å²) in [6, 6.07) is 1.73. The van der Waals surface area contributed by atoms with E-state index in [1.807, 2.05) is 0 Å². The molecule has 4 fully saturated rings. The SMILES string of the molecule is CN1CC[C@H]2CN(CCCN3C[C@H]4CCN(C)[C@H]4C3)C[C@H]21. The molecule has 0 aliphatic carbocycles. The number of rotatable bonds is 4. The number of hydrogen-bond donors (Lipinski definition) is 0. The lowest BCUT2D eigenvalue weighted by molar-refractivity contribution is 0.229. The lowest BCUT2D eigenvalue weighted by atomic mass is 10.1. The minimum atomic E-state index is 0.866. The molecular weight excluding hydrogens is 260 g/mol. The van der Waals surface area contributed by atoms with E-state index in [-0.39, 0.29) is 0 Å². The summed E-state index contributed by atoms with van der Waals surface area (Å²) in [6.07, 6.45) is 4.23. The van der Waals surface area contributed by atoms with Gasteiger partial charge in [0.15, 0.2) is 0 Å². The van der Waals surface area contributed by atoms with Crippen molar-refractivity contribution in [3.63, 3.8) is 0 Å². The summed E-state index contributed by atoms with van der Waals surface area (Å²) in [5, 5.41) is 0. The fraction of sp³-hybridized carbons (Fsp3) is 1.00. The minimum absolute atomic E-state index is 0.866. The fourth-order valence-electron chi connectivity index (χ4n) is 5.40. The Kier molecular flexibility index (Phi) is 3.99. The van der Waals surface area contributed by atoms with Crippen molar-refractivity contribution in [3.8, 4) is 0 Å². The molecular formula is C17H32N4. The average molecular weight is 292 g/mol. The summed E-state index contributed by atoms with van der Waals surface area (Å²) >= 11 is 0. The van der Waals surface area contributed by atoms with Crippen LogP contribution in [0.2, 0.25) is 0 Å². The van der Waals surface area contributed by atoms with Crippen LogP contribution in [0.1, 0.15) is 19.3 Å². The number of likely N-dealkylation sites (tertiary alicyclic amines) is 4. The quantitative estimate of drug-likeness (QED) is 0.754. The summed E-state index contributed by atoms with van der Waals surface area (Å²) in [5.41, 5.74) is 0. The predicted molar refractivity (Wildman–Crippen MR) is 86.5 cm³/mol. The van der Waals surface area contributed by atoms with Crippen LogP contribution in [0.25, 0.3) is 0 Å². The van der Waals surface area contributed by atoms with Crippen molar-refractivity contribution in [1.29, 1.82) is 0 Å². The Hall–Kier alpha value is -0.160. The Morgan fingerprint density at radius 3 is 1.62 bits per heavy atom. The van der Waals surface area contributed by atoms with Crippen LogP contribution in [-0.2, 0) is 0 Å². The van der Waals surface area contributed by atoms with Crippen molar-refractivity contribution in [1.82, 2.24) is 19.6 Å². The first-order valence-electron chi connectivity index (χ1n) is 9.06. The summed E-state index contributed by atoms with van der Waals surface area (Å²) in [5.74, 6) is 1.93. The second-order valence-electron chi connectivity index (χ2n) is 8.07. The fourth-order valence-corrected chi connectivity index (χ4v) is 5.40. The second kappa shape index (κ2) is 5.80. The average Bonchev–Trinajstić information content (AvgIpc) is 3.17. The van der Waals surface area contributed by atoms with Crippen molar-refractivity contribution in [2.45, 2.75) is 31.3 Å². The number of nitrogens with zero attached hydrogens (tertiary/aromatic N) is 4. The zero-order chi connectivity index (χ0) is 14.4. The van der Waals surface area contributed by atoms with Crippen LogP contribution < -0.4 is 0 Å². The van der Waals surface area contributed by atoms with Gasteiger partial charge in [0.2, 0.25) is 0 Å². The third-order valence-electron chi connectivity index (χ3n) is 6.75. The smallest absolute Gasteiger partial charge is 0.0261 e. The van der Waals surface area contributed by atoms with Gasteiger partial charge in [-0.1, -0.05) is 0 Å². The van der Waals surface area contributed by atoms with E-state index in [2.05, 4.69) is 33.7 Å². The summed E-state index contributed by atoms with van der Waals surface area (Å²) in [4.78, 5) is 10.6. The van der Waals surface area contributed by atoms with Crippen LogP contribution in [0, 0.1) is 11.8 Å². The molecule has 0 amide bonds. The molecule has 4 aliphatic heterocycles. The van der Waals surface area contributed by atoms with Crippen LogP contribution in [0.4, 0.5) is 0 Å². The Balaban J connectivity index is 1.18. The first kappa shape index (κ1) is 14.4. The van der Waals surface area contributed by atoms with Crippen LogP contribution in [0.5, 0.6) is 0 Å². The highest BCUT2D eigenvalue weighted by atomic mass is 15.3. The molecule has 4 atom stereocenters. The van der Waals surface area contributed by atoms with Gasteiger partial charge >= 0.3 is 0 Å². The van der Waals surface area contributed by atoms with Gasteiger partial charge < -0.3 is 19.6 Å². The number of hydrogen-bond acceptors (Lipinski definition) is 4. The lowest BCUT2D eigenvalue weighted by Gasteiger charge is -2.23. The van der Waals surface area contributed by atoms with E-state index < -0.39 is 0 Å². The Morgan fingerprint density at radius 2 is 1.19 bits per heavy atom. The second-order valence-corrected chi connectivity index (χ2v) is 8.07. The van der Waals surface area contributed by atoms with E-state index in [1.54, 1.807) is 0 Å². The third-order valence-corrected chi connectivity index (χ3v) is 6.75. The van der Waals surface area contributed by atoms with Crippen molar-refractivity contribution in [2.75, 3.05) is 66.5 Å². The Labute approximate surface area is 130 Å². The van der Waals surface area contributed by atoms with Crippen LogP contribution in [-0.4, -0.2) is 98.1 Å². The molecule has 0 aromatic rings. The van der Waals surface area contributed by atoms with E-state index in [1.165, 1.54) is 71.6 Å². The van der Waals surface area contributed by atoms with Gasteiger partial charge in [-0.3, -0.25) is 0 Å². The molecule has 4 heterocycles. The molecule has 4 saturated heterocycles. The topological polar surface area (TPSA) is 13.0 Å². The van der Waals surface area contributed by atoms with Gasteiger partial charge in [-0.05, 0) is 71.4 Å². The zero-order valence-corrected chi connectivity index (χ0v) is 13.9. The van der Waals surface area contributed by atoms with E-state index >= 15 is 0 Å². The molecule has 4 heteroatoms. The van der Waals surface area contributed by atoms with Crippen LogP contribution in [0.15, 0.2) is 0 Å². The third kappa shape index (κ3) is 2.76. The summed E-state index contributed by atoms with van der Waals surface area (Å²) in [6.45, 7) is 10.7. The molecule has 4 rings (SSSR count).